The zero-order chi connectivity index (χ0) is 16.9. The van der Waals surface area contributed by atoms with Crippen molar-refractivity contribution >= 4 is 5.82 Å². The quantitative estimate of drug-likeness (QED) is 0.904. The van der Waals surface area contributed by atoms with Crippen LogP contribution in [-0.2, 0) is 13.6 Å². The van der Waals surface area contributed by atoms with Crippen LogP contribution in [0.25, 0.3) is 0 Å². The summed E-state index contributed by atoms with van der Waals surface area (Å²) in [5, 5.41) is 12.1. The Balaban J connectivity index is 1.49. The molecular formula is C18H21N5O. The monoisotopic (exact) mass is 323 g/mol. The molecule has 6 heteroatoms. The second kappa shape index (κ2) is 7.28. The van der Waals surface area contributed by atoms with E-state index in [2.05, 4.69) is 21.3 Å². The van der Waals surface area contributed by atoms with Crippen molar-refractivity contribution in [2.75, 3.05) is 25.0 Å². The van der Waals surface area contributed by atoms with E-state index in [0.717, 1.165) is 44.0 Å². The number of aryl methyl sites for hydroxylation is 1. The van der Waals surface area contributed by atoms with E-state index in [1.807, 2.05) is 18.3 Å². The molecule has 0 amide bonds. The molecule has 1 fully saturated rings. The van der Waals surface area contributed by atoms with E-state index in [9.17, 15) is 4.79 Å². The molecule has 0 saturated carbocycles. The number of aromatic nitrogens is 2. The van der Waals surface area contributed by atoms with E-state index in [1.165, 1.54) is 0 Å². The smallest absolute Gasteiger partial charge is 0.250 e. The number of likely N-dealkylation sites (tertiary alicyclic amines) is 1. The summed E-state index contributed by atoms with van der Waals surface area (Å²) in [6.45, 7) is 3.74. The van der Waals surface area contributed by atoms with Crippen LogP contribution in [-0.4, -0.2) is 34.1 Å². The molecular weight excluding hydrogens is 302 g/mol. The summed E-state index contributed by atoms with van der Waals surface area (Å²) in [6.07, 6.45) is 4.54. The topological polar surface area (TPSA) is 73.9 Å². The Morgan fingerprint density at radius 3 is 3.00 bits per heavy atom. The fraction of sp³-hybridized carbons (Fsp3) is 0.389. The first-order valence-electron chi connectivity index (χ1n) is 8.12. The van der Waals surface area contributed by atoms with Crippen LogP contribution in [0.5, 0.6) is 0 Å². The van der Waals surface area contributed by atoms with Gasteiger partial charge in [-0.15, -0.1) is 0 Å². The number of hydrogen-bond donors (Lipinski definition) is 1. The number of pyridine rings is 2. The fourth-order valence-electron chi connectivity index (χ4n) is 2.98. The van der Waals surface area contributed by atoms with Gasteiger partial charge in [0.25, 0.3) is 5.56 Å². The third-order valence-electron chi connectivity index (χ3n) is 4.41. The Morgan fingerprint density at radius 2 is 2.29 bits per heavy atom. The minimum atomic E-state index is 0.0387. The van der Waals surface area contributed by atoms with Crippen LogP contribution in [0.4, 0.5) is 5.82 Å². The van der Waals surface area contributed by atoms with Gasteiger partial charge in [0.1, 0.15) is 11.9 Å². The summed E-state index contributed by atoms with van der Waals surface area (Å²) in [6, 6.07) is 9.40. The van der Waals surface area contributed by atoms with Crippen LogP contribution in [0, 0.1) is 17.2 Å². The zero-order valence-corrected chi connectivity index (χ0v) is 13.8. The molecule has 2 aromatic rings. The van der Waals surface area contributed by atoms with Crippen LogP contribution in [0.15, 0.2) is 41.5 Å². The van der Waals surface area contributed by atoms with Gasteiger partial charge in [-0.05, 0) is 42.6 Å². The lowest BCUT2D eigenvalue weighted by Crippen LogP contribution is -2.24. The third-order valence-corrected chi connectivity index (χ3v) is 4.41. The Hall–Kier alpha value is -2.65. The molecule has 1 aliphatic heterocycles. The van der Waals surface area contributed by atoms with Crippen LogP contribution < -0.4 is 10.9 Å². The van der Waals surface area contributed by atoms with Crippen molar-refractivity contribution < 1.29 is 0 Å². The van der Waals surface area contributed by atoms with Gasteiger partial charge in [-0.2, -0.15) is 5.26 Å². The largest absolute Gasteiger partial charge is 0.370 e. The minimum absolute atomic E-state index is 0.0387. The molecule has 0 unspecified atom stereocenters. The minimum Gasteiger partial charge on any atom is -0.370 e. The van der Waals surface area contributed by atoms with Gasteiger partial charge in [-0.25, -0.2) is 4.98 Å². The van der Waals surface area contributed by atoms with E-state index in [0.29, 0.717) is 11.5 Å². The lowest BCUT2D eigenvalue weighted by molar-refractivity contribution is 0.318. The molecule has 0 radical (unpaired) electrons. The number of rotatable bonds is 5. The van der Waals surface area contributed by atoms with Crippen molar-refractivity contribution in [1.82, 2.24) is 14.5 Å². The molecule has 0 spiro atoms. The van der Waals surface area contributed by atoms with E-state index in [4.69, 9.17) is 5.26 Å². The van der Waals surface area contributed by atoms with E-state index in [-0.39, 0.29) is 5.56 Å². The third kappa shape index (κ3) is 4.00. The highest BCUT2D eigenvalue weighted by atomic mass is 16.1. The second-order valence-electron chi connectivity index (χ2n) is 6.30. The number of hydrogen-bond acceptors (Lipinski definition) is 5. The van der Waals surface area contributed by atoms with Crippen LogP contribution in [0.2, 0.25) is 0 Å². The highest BCUT2D eigenvalue weighted by molar-refractivity contribution is 5.38. The maximum absolute atomic E-state index is 11.7. The first-order chi connectivity index (χ1) is 11.6. The molecule has 3 heterocycles. The molecule has 1 N–H and O–H groups in total. The Morgan fingerprint density at radius 1 is 1.42 bits per heavy atom. The molecule has 0 aromatic carbocycles. The molecule has 6 nitrogen and oxygen atoms in total. The van der Waals surface area contributed by atoms with Crippen LogP contribution >= 0.6 is 0 Å². The summed E-state index contributed by atoms with van der Waals surface area (Å²) in [4.78, 5) is 18.3. The Bertz CT molecular complexity index is 790. The fourth-order valence-corrected chi connectivity index (χ4v) is 2.98. The first-order valence-corrected chi connectivity index (χ1v) is 8.12. The molecule has 1 atom stereocenters. The predicted octanol–water partition coefficient (Wildman–Crippen LogP) is 1.59. The van der Waals surface area contributed by atoms with Gasteiger partial charge >= 0.3 is 0 Å². The maximum Gasteiger partial charge on any atom is 0.250 e. The van der Waals surface area contributed by atoms with Crippen molar-refractivity contribution in [3.05, 3.63) is 58.1 Å². The van der Waals surface area contributed by atoms with E-state index >= 15 is 0 Å². The van der Waals surface area contributed by atoms with Crippen molar-refractivity contribution in [3.8, 4) is 6.07 Å². The van der Waals surface area contributed by atoms with Crippen molar-refractivity contribution in [2.24, 2.45) is 13.0 Å². The molecule has 0 bridgehead atoms. The van der Waals surface area contributed by atoms with E-state index in [1.54, 1.807) is 29.9 Å². The summed E-state index contributed by atoms with van der Waals surface area (Å²) in [7, 11) is 1.76. The molecule has 124 valence electrons. The highest BCUT2D eigenvalue weighted by Gasteiger charge is 2.22. The summed E-state index contributed by atoms with van der Waals surface area (Å²) in [5.41, 5.74) is 1.68. The average molecular weight is 323 g/mol. The number of nitrogens with zero attached hydrogens (tertiary/aromatic N) is 4. The van der Waals surface area contributed by atoms with E-state index < -0.39 is 0 Å². The lowest BCUT2D eigenvalue weighted by atomic mass is 10.1. The zero-order valence-electron chi connectivity index (χ0n) is 13.8. The number of anilines is 1. The van der Waals surface area contributed by atoms with Gasteiger partial charge in [-0.1, -0.05) is 0 Å². The summed E-state index contributed by atoms with van der Waals surface area (Å²) >= 11 is 0. The number of nitrogens with one attached hydrogen (secondary N) is 1. The highest BCUT2D eigenvalue weighted by Crippen LogP contribution is 2.19. The van der Waals surface area contributed by atoms with Crippen molar-refractivity contribution in [3.63, 3.8) is 0 Å². The SMILES string of the molecule is Cn1ccc(CN2CC[C@H](CNc3ccc(C#N)cn3)C2)cc1=O. The molecule has 1 saturated heterocycles. The second-order valence-corrected chi connectivity index (χ2v) is 6.30. The average Bonchev–Trinajstić information content (AvgIpc) is 3.04. The lowest BCUT2D eigenvalue weighted by Gasteiger charge is -2.16. The number of nitriles is 1. The molecule has 2 aromatic heterocycles. The standard InChI is InChI=1S/C18H21N5O/c1-22-6-4-14(8-18(22)24)12-23-7-5-16(13-23)11-21-17-3-2-15(9-19)10-20-17/h2-4,6,8,10,16H,5,7,11-13H2,1H3,(H,20,21)/t16-/m1/s1. The summed E-state index contributed by atoms with van der Waals surface area (Å²) < 4.78 is 1.59. The molecule has 1 aliphatic rings. The Labute approximate surface area is 141 Å². The van der Waals surface area contributed by atoms with Crippen molar-refractivity contribution in [2.45, 2.75) is 13.0 Å². The van der Waals surface area contributed by atoms with Gasteiger partial charge in [0.2, 0.25) is 0 Å². The van der Waals surface area contributed by atoms with Gasteiger partial charge in [0, 0.05) is 45.1 Å². The Kier molecular flexibility index (Phi) is 4.92. The first kappa shape index (κ1) is 16.2. The molecule has 24 heavy (non-hydrogen) atoms. The normalized spacial score (nSPS) is 17.6. The van der Waals surface area contributed by atoms with Crippen LogP contribution in [0.3, 0.4) is 0 Å². The maximum atomic E-state index is 11.7. The summed E-state index contributed by atoms with van der Waals surface area (Å²) in [5.74, 6) is 1.37. The van der Waals surface area contributed by atoms with Gasteiger partial charge in [0.05, 0.1) is 5.56 Å². The predicted molar refractivity (Wildman–Crippen MR) is 92.5 cm³/mol. The van der Waals surface area contributed by atoms with Gasteiger partial charge in [-0.3, -0.25) is 9.69 Å². The van der Waals surface area contributed by atoms with Crippen LogP contribution in [0.1, 0.15) is 17.5 Å². The van der Waals surface area contributed by atoms with Gasteiger partial charge < -0.3 is 9.88 Å². The van der Waals surface area contributed by atoms with Gasteiger partial charge in [0.15, 0.2) is 0 Å². The molecule has 3 rings (SSSR count). The molecule has 0 aliphatic carbocycles. The van der Waals surface area contributed by atoms with Crippen molar-refractivity contribution in [1.29, 1.82) is 5.26 Å².